The Morgan fingerprint density at radius 1 is 1.31 bits per heavy atom. The van der Waals surface area contributed by atoms with E-state index >= 15 is 0 Å². The summed E-state index contributed by atoms with van der Waals surface area (Å²) in [6, 6.07) is 5.28. The second-order valence-corrected chi connectivity index (χ2v) is 3.17. The Balaban J connectivity index is 2.59. The van der Waals surface area contributed by atoms with Crippen molar-refractivity contribution < 1.29 is 4.42 Å². The molecule has 0 bridgehead atoms. The molecule has 0 saturated heterocycles. The van der Waals surface area contributed by atoms with Gasteiger partial charge in [0.25, 0.3) is 0 Å². The molecule has 65 valence electrons. The zero-order valence-corrected chi connectivity index (χ0v) is 7.93. The molecule has 1 radical (unpaired) electrons. The van der Waals surface area contributed by atoms with Crippen LogP contribution in [0.4, 0.5) is 0 Å². The molecule has 0 N–H and O–H groups in total. The van der Waals surface area contributed by atoms with Crippen LogP contribution in [0.25, 0.3) is 11.5 Å². The summed E-state index contributed by atoms with van der Waals surface area (Å²) in [6.07, 6.45) is 3.92. The van der Waals surface area contributed by atoms with Crippen molar-refractivity contribution in [1.82, 2.24) is 4.98 Å². The van der Waals surface area contributed by atoms with Crippen molar-refractivity contribution in [2.24, 2.45) is 0 Å². The first-order valence-electron chi connectivity index (χ1n) is 3.55. The maximum absolute atomic E-state index is 5.94. The van der Waals surface area contributed by atoms with Crippen molar-refractivity contribution >= 4 is 23.2 Å². The maximum Gasteiger partial charge on any atom is 0.228 e. The summed E-state index contributed by atoms with van der Waals surface area (Å²) >= 11 is 11.8. The van der Waals surface area contributed by atoms with Crippen LogP contribution in [0.5, 0.6) is 0 Å². The molecule has 2 nitrogen and oxygen atoms in total. The quantitative estimate of drug-likeness (QED) is 0.724. The van der Waals surface area contributed by atoms with Crippen molar-refractivity contribution in [3.05, 3.63) is 40.7 Å². The van der Waals surface area contributed by atoms with Gasteiger partial charge in [0, 0.05) is 0 Å². The molecule has 0 atom stereocenters. The van der Waals surface area contributed by atoms with Gasteiger partial charge in [-0.1, -0.05) is 29.3 Å². The average molecular weight is 213 g/mol. The summed E-state index contributed by atoms with van der Waals surface area (Å²) in [5, 5.41) is 0.928. The zero-order chi connectivity index (χ0) is 9.26. The summed E-state index contributed by atoms with van der Waals surface area (Å²) in [5.74, 6) is 0.424. The van der Waals surface area contributed by atoms with Crippen molar-refractivity contribution in [2.75, 3.05) is 0 Å². The lowest BCUT2D eigenvalue weighted by Crippen LogP contribution is -1.79. The number of rotatable bonds is 1. The smallest absolute Gasteiger partial charge is 0.228 e. The number of hydrogen-bond acceptors (Lipinski definition) is 2. The summed E-state index contributed by atoms with van der Waals surface area (Å²) < 4.78 is 4.98. The lowest BCUT2D eigenvalue weighted by Gasteiger charge is -1.99. The molecule has 0 amide bonds. The highest BCUT2D eigenvalue weighted by Crippen LogP contribution is 2.32. The fourth-order valence-electron chi connectivity index (χ4n) is 0.987. The van der Waals surface area contributed by atoms with Gasteiger partial charge < -0.3 is 4.42 Å². The van der Waals surface area contributed by atoms with E-state index in [1.54, 1.807) is 18.2 Å². The van der Waals surface area contributed by atoms with Crippen LogP contribution in [0.15, 0.2) is 28.8 Å². The van der Waals surface area contributed by atoms with Crippen LogP contribution in [-0.4, -0.2) is 4.98 Å². The van der Waals surface area contributed by atoms with Crippen molar-refractivity contribution in [3.8, 4) is 11.5 Å². The number of oxazole rings is 1. The first kappa shape index (κ1) is 8.60. The van der Waals surface area contributed by atoms with E-state index in [0.29, 0.717) is 21.5 Å². The number of aromatic nitrogens is 1. The van der Waals surface area contributed by atoms with Crippen LogP contribution in [0.2, 0.25) is 10.0 Å². The summed E-state index contributed by atoms with van der Waals surface area (Å²) in [6.45, 7) is 0. The topological polar surface area (TPSA) is 26.0 Å². The molecule has 1 heterocycles. The van der Waals surface area contributed by atoms with Crippen LogP contribution < -0.4 is 0 Å². The molecule has 1 aromatic carbocycles. The first-order valence-corrected chi connectivity index (χ1v) is 4.31. The van der Waals surface area contributed by atoms with E-state index in [4.69, 9.17) is 27.6 Å². The molecule has 1 aromatic heterocycles. The molecule has 0 saturated carbocycles. The highest BCUT2D eigenvalue weighted by molar-refractivity contribution is 6.43. The van der Waals surface area contributed by atoms with E-state index in [1.165, 1.54) is 6.20 Å². The minimum absolute atomic E-state index is 0.424. The lowest BCUT2D eigenvalue weighted by molar-refractivity contribution is 0.566. The van der Waals surface area contributed by atoms with Crippen molar-refractivity contribution in [1.29, 1.82) is 0 Å². The van der Waals surface area contributed by atoms with Gasteiger partial charge in [0.2, 0.25) is 5.89 Å². The Hall–Kier alpha value is -0.990. The normalized spacial score (nSPS) is 10.3. The molecular formula is C9H4Cl2NO. The largest absolute Gasteiger partial charge is 0.433 e. The summed E-state index contributed by atoms with van der Waals surface area (Å²) in [5.41, 5.74) is 0.676. The molecule has 0 aliphatic heterocycles. The SMILES string of the molecule is Clc1cccc(-c2nc[c]o2)c1Cl. The number of benzene rings is 1. The highest BCUT2D eigenvalue weighted by Gasteiger charge is 2.09. The van der Waals surface area contributed by atoms with Gasteiger partial charge in [0.1, 0.15) is 0 Å². The second kappa shape index (κ2) is 3.40. The fraction of sp³-hybridized carbons (Fsp3) is 0. The molecule has 2 rings (SSSR count). The van der Waals surface area contributed by atoms with Crippen LogP contribution >= 0.6 is 23.2 Å². The van der Waals surface area contributed by atoms with Crippen molar-refractivity contribution in [2.45, 2.75) is 0 Å². The van der Waals surface area contributed by atoms with Crippen LogP contribution in [0.1, 0.15) is 0 Å². The van der Waals surface area contributed by atoms with Gasteiger partial charge in [0.05, 0.1) is 21.8 Å². The third-order valence-electron chi connectivity index (χ3n) is 1.57. The van der Waals surface area contributed by atoms with Gasteiger partial charge in [0.15, 0.2) is 6.26 Å². The Morgan fingerprint density at radius 3 is 2.85 bits per heavy atom. The fourth-order valence-corrected chi connectivity index (χ4v) is 1.37. The third kappa shape index (κ3) is 1.55. The van der Waals surface area contributed by atoms with Gasteiger partial charge in [-0.15, -0.1) is 0 Å². The van der Waals surface area contributed by atoms with Crippen LogP contribution in [-0.2, 0) is 0 Å². The molecule has 0 aliphatic carbocycles. The van der Waals surface area contributed by atoms with E-state index in [1.807, 2.05) is 0 Å². The Kier molecular flexibility index (Phi) is 2.25. The summed E-state index contributed by atoms with van der Waals surface area (Å²) in [7, 11) is 0. The van der Waals surface area contributed by atoms with E-state index in [2.05, 4.69) is 11.2 Å². The number of halogens is 2. The van der Waals surface area contributed by atoms with Gasteiger partial charge in [-0.3, -0.25) is 0 Å². The predicted octanol–water partition coefficient (Wildman–Crippen LogP) is 3.45. The van der Waals surface area contributed by atoms with Crippen molar-refractivity contribution in [3.63, 3.8) is 0 Å². The number of hydrogen-bond donors (Lipinski definition) is 0. The number of nitrogens with zero attached hydrogens (tertiary/aromatic N) is 1. The maximum atomic E-state index is 5.94. The average Bonchev–Trinajstić information content (AvgIpc) is 2.62. The molecular weight excluding hydrogens is 209 g/mol. The minimum Gasteiger partial charge on any atom is -0.433 e. The summed E-state index contributed by atoms with van der Waals surface area (Å²) in [4.78, 5) is 3.92. The third-order valence-corrected chi connectivity index (χ3v) is 2.39. The molecule has 0 unspecified atom stereocenters. The molecule has 13 heavy (non-hydrogen) atoms. The Bertz CT molecular complexity index is 412. The molecule has 0 spiro atoms. The monoisotopic (exact) mass is 212 g/mol. The lowest BCUT2D eigenvalue weighted by atomic mass is 10.2. The molecule has 0 aliphatic rings. The van der Waals surface area contributed by atoms with E-state index in [9.17, 15) is 0 Å². The molecule has 0 fully saturated rings. The van der Waals surface area contributed by atoms with E-state index < -0.39 is 0 Å². The van der Waals surface area contributed by atoms with Gasteiger partial charge in [-0.25, -0.2) is 4.98 Å². The Morgan fingerprint density at radius 2 is 2.15 bits per heavy atom. The highest BCUT2D eigenvalue weighted by atomic mass is 35.5. The Labute approximate surface area is 85.1 Å². The second-order valence-electron chi connectivity index (χ2n) is 2.38. The van der Waals surface area contributed by atoms with Gasteiger partial charge in [-0.05, 0) is 12.1 Å². The molecule has 4 heteroatoms. The minimum atomic E-state index is 0.424. The standard InChI is InChI=1S/C9H4Cl2NO/c10-7-3-1-2-6(8(7)11)9-12-4-5-13-9/h1-4H. The zero-order valence-electron chi connectivity index (χ0n) is 6.42. The van der Waals surface area contributed by atoms with Crippen LogP contribution in [0.3, 0.4) is 0 Å². The van der Waals surface area contributed by atoms with E-state index in [-0.39, 0.29) is 0 Å². The van der Waals surface area contributed by atoms with Gasteiger partial charge >= 0.3 is 0 Å². The molecule has 2 aromatic rings. The predicted molar refractivity (Wildman–Crippen MR) is 50.8 cm³/mol. The van der Waals surface area contributed by atoms with Crippen LogP contribution in [0, 0.1) is 6.26 Å². The van der Waals surface area contributed by atoms with E-state index in [0.717, 1.165) is 0 Å². The van der Waals surface area contributed by atoms with Gasteiger partial charge in [-0.2, -0.15) is 0 Å². The first-order chi connectivity index (χ1) is 6.29.